The van der Waals surface area contributed by atoms with Crippen molar-refractivity contribution in [3.8, 4) is 5.75 Å². The van der Waals surface area contributed by atoms with Crippen molar-refractivity contribution in [1.82, 2.24) is 9.97 Å². The molecule has 0 bridgehead atoms. The van der Waals surface area contributed by atoms with Gasteiger partial charge in [0, 0.05) is 5.69 Å². The Morgan fingerprint density at radius 2 is 1.88 bits per heavy atom. The molecule has 1 saturated heterocycles. The molecular formula is C17H19N6O3+. The van der Waals surface area contributed by atoms with Crippen LogP contribution in [0.3, 0.4) is 0 Å². The molecular weight excluding hydrogens is 336 g/mol. The summed E-state index contributed by atoms with van der Waals surface area (Å²) in [6, 6.07) is 8.03. The number of ether oxygens (including phenoxy) is 1. The highest BCUT2D eigenvalue weighted by atomic mass is 16.6. The van der Waals surface area contributed by atoms with E-state index < -0.39 is 4.92 Å². The highest BCUT2D eigenvalue weighted by Crippen LogP contribution is 2.27. The molecule has 2 N–H and O–H groups in total. The number of anilines is 2. The zero-order chi connectivity index (χ0) is 18.1. The molecule has 0 atom stereocenters. The number of methoxy groups -OCH3 is 1. The van der Waals surface area contributed by atoms with Crippen LogP contribution in [0.25, 0.3) is 11.0 Å². The Balaban J connectivity index is 1.53. The first-order valence-electron chi connectivity index (χ1n) is 8.33. The molecule has 0 aliphatic carbocycles. The van der Waals surface area contributed by atoms with E-state index >= 15 is 0 Å². The SMILES string of the molecule is COc1ccc(N2CCN(c3[nH+]cc([N+](=O)[O-])c4nc[nH]c34)CC2)cc1. The Labute approximate surface area is 149 Å². The van der Waals surface area contributed by atoms with Gasteiger partial charge in [0.25, 0.3) is 0 Å². The topological polar surface area (TPSA) is 102 Å². The molecule has 1 aliphatic heterocycles. The van der Waals surface area contributed by atoms with Crippen molar-refractivity contribution in [2.24, 2.45) is 0 Å². The second kappa shape index (κ2) is 6.51. The molecule has 0 radical (unpaired) electrons. The first kappa shape index (κ1) is 16.1. The molecule has 0 saturated carbocycles. The average molecular weight is 355 g/mol. The van der Waals surface area contributed by atoms with Crippen LogP contribution in [0.2, 0.25) is 0 Å². The van der Waals surface area contributed by atoms with E-state index in [0.29, 0.717) is 11.0 Å². The van der Waals surface area contributed by atoms with Crippen molar-refractivity contribution in [3.63, 3.8) is 0 Å². The summed E-state index contributed by atoms with van der Waals surface area (Å²) < 4.78 is 5.20. The molecule has 0 spiro atoms. The maximum Gasteiger partial charge on any atom is 0.335 e. The van der Waals surface area contributed by atoms with Gasteiger partial charge in [0.1, 0.15) is 18.8 Å². The van der Waals surface area contributed by atoms with Gasteiger partial charge >= 0.3 is 11.5 Å². The summed E-state index contributed by atoms with van der Waals surface area (Å²) in [5.41, 5.74) is 2.17. The van der Waals surface area contributed by atoms with Crippen molar-refractivity contribution in [3.05, 3.63) is 46.9 Å². The van der Waals surface area contributed by atoms with E-state index in [1.165, 1.54) is 12.5 Å². The number of aromatic nitrogens is 3. The van der Waals surface area contributed by atoms with Crippen molar-refractivity contribution in [2.75, 3.05) is 43.1 Å². The first-order chi connectivity index (χ1) is 12.7. The highest BCUT2D eigenvalue weighted by Gasteiger charge is 2.29. The van der Waals surface area contributed by atoms with E-state index in [2.05, 4.69) is 36.9 Å². The van der Waals surface area contributed by atoms with E-state index in [9.17, 15) is 10.1 Å². The molecule has 134 valence electrons. The van der Waals surface area contributed by atoms with Crippen LogP contribution >= 0.6 is 0 Å². The predicted octanol–water partition coefficient (Wildman–Crippen LogP) is 1.62. The van der Waals surface area contributed by atoms with Gasteiger partial charge in [-0.15, -0.1) is 0 Å². The van der Waals surface area contributed by atoms with Gasteiger partial charge in [-0.2, -0.15) is 0 Å². The van der Waals surface area contributed by atoms with E-state index in [1.54, 1.807) is 7.11 Å². The third kappa shape index (κ3) is 2.77. The van der Waals surface area contributed by atoms with Crippen LogP contribution in [0.4, 0.5) is 17.2 Å². The van der Waals surface area contributed by atoms with Crippen molar-refractivity contribution in [1.29, 1.82) is 0 Å². The molecule has 0 amide bonds. The van der Waals surface area contributed by atoms with Gasteiger partial charge in [-0.05, 0) is 24.3 Å². The van der Waals surface area contributed by atoms with Gasteiger partial charge in [0.2, 0.25) is 0 Å². The van der Waals surface area contributed by atoms with Crippen molar-refractivity contribution in [2.45, 2.75) is 0 Å². The smallest absolute Gasteiger partial charge is 0.335 e. The van der Waals surface area contributed by atoms with Crippen LogP contribution in [0.1, 0.15) is 0 Å². The number of imidazole rings is 1. The lowest BCUT2D eigenvalue weighted by molar-refractivity contribution is -0.412. The minimum Gasteiger partial charge on any atom is -0.497 e. The molecule has 2 aromatic heterocycles. The third-order valence-electron chi connectivity index (χ3n) is 4.69. The van der Waals surface area contributed by atoms with Gasteiger partial charge in [-0.25, -0.2) is 9.97 Å². The van der Waals surface area contributed by atoms with Crippen LogP contribution in [-0.2, 0) is 0 Å². The number of nitro groups is 1. The van der Waals surface area contributed by atoms with Crippen LogP contribution in [0.5, 0.6) is 5.75 Å². The Hall–Kier alpha value is -3.36. The molecule has 1 aromatic carbocycles. The quantitative estimate of drug-likeness (QED) is 0.564. The maximum absolute atomic E-state index is 11.1. The number of rotatable bonds is 4. The van der Waals surface area contributed by atoms with Crippen molar-refractivity contribution < 1.29 is 14.6 Å². The molecule has 9 heteroatoms. The van der Waals surface area contributed by atoms with Gasteiger partial charge in [-0.1, -0.05) is 0 Å². The van der Waals surface area contributed by atoms with E-state index in [1.807, 2.05) is 12.1 Å². The summed E-state index contributed by atoms with van der Waals surface area (Å²) in [5, 5.41) is 11.1. The average Bonchev–Trinajstić information content (AvgIpc) is 3.17. The predicted molar refractivity (Wildman–Crippen MR) is 96.7 cm³/mol. The van der Waals surface area contributed by atoms with E-state index in [0.717, 1.165) is 43.4 Å². The van der Waals surface area contributed by atoms with E-state index in [-0.39, 0.29) is 5.69 Å². The van der Waals surface area contributed by atoms with Gasteiger partial charge in [-0.3, -0.25) is 15.0 Å². The van der Waals surface area contributed by atoms with Gasteiger partial charge in [0.05, 0.1) is 31.4 Å². The maximum atomic E-state index is 11.1. The number of H-pyrrole nitrogens is 2. The standard InChI is InChI=1S/C17H18N6O3/c1-26-13-4-2-12(3-5-13)21-6-8-22(9-7-21)17-16-15(19-11-20-16)14(10-18-17)23(24)25/h2-5,10-11H,6-9H2,1H3,(H,19,20)/p+1. The summed E-state index contributed by atoms with van der Waals surface area (Å²) in [5.74, 6) is 1.67. The molecule has 3 aromatic rings. The number of nitrogens with one attached hydrogen (secondary N) is 2. The number of nitrogens with zero attached hydrogens (tertiary/aromatic N) is 4. The first-order valence-corrected chi connectivity index (χ1v) is 8.33. The largest absolute Gasteiger partial charge is 0.497 e. The Bertz CT molecular complexity index is 931. The highest BCUT2D eigenvalue weighted by molar-refractivity contribution is 5.90. The molecule has 0 unspecified atom stereocenters. The molecule has 1 aliphatic rings. The van der Waals surface area contributed by atoms with Crippen molar-refractivity contribution >= 4 is 28.2 Å². The third-order valence-corrected chi connectivity index (χ3v) is 4.69. The number of fused-ring (bicyclic) bond motifs is 1. The summed E-state index contributed by atoms with van der Waals surface area (Å²) in [6.07, 6.45) is 2.90. The normalized spacial score (nSPS) is 14.7. The van der Waals surface area contributed by atoms with E-state index in [4.69, 9.17) is 4.74 Å². The summed E-state index contributed by atoms with van der Waals surface area (Å²) in [7, 11) is 1.66. The Morgan fingerprint density at radius 3 is 2.54 bits per heavy atom. The lowest BCUT2D eigenvalue weighted by Gasteiger charge is -2.32. The number of pyridine rings is 1. The summed E-state index contributed by atoms with van der Waals surface area (Å²) >= 11 is 0. The zero-order valence-electron chi connectivity index (χ0n) is 14.3. The second-order valence-electron chi connectivity index (χ2n) is 6.08. The number of aromatic amines is 2. The minimum absolute atomic E-state index is 0.0260. The fourth-order valence-corrected chi connectivity index (χ4v) is 3.32. The second-order valence-corrected chi connectivity index (χ2v) is 6.08. The number of hydrogen-bond acceptors (Lipinski definition) is 6. The monoisotopic (exact) mass is 355 g/mol. The fourth-order valence-electron chi connectivity index (χ4n) is 3.32. The van der Waals surface area contributed by atoms with Crippen LogP contribution in [0, 0.1) is 10.1 Å². The number of piperazine rings is 1. The Morgan fingerprint density at radius 1 is 1.19 bits per heavy atom. The lowest BCUT2D eigenvalue weighted by Crippen LogP contribution is -2.48. The van der Waals surface area contributed by atoms with Crippen LogP contribution < -0.4 is 19.5 Å². The minimum atomic E-state index is -0.426. The fraction of sp³-hybridized carbons (Fsp3) is 0.294. The summed E-state index contributed by atoms with van der Waals surface area (Å²) in [4.78, 5) is 25.4. The molecule has 1 fully saturated rings. The lowest BCUT2D eigenvalue weighted by atomic mass is 10.2. The molecule has 3 heterocycles. The molecule has 9 nitrogen and oxygen atoms in total. The number of hydrogen-bond donors (Lipinski definition) is 1. The number of benzene rings is 1. The van der Waals surface area contributed by atoms with Crippen LogP contribution in [0.15, 0.2) is 36.8 Å². The molecule has 26 heavy (non-hydrogen) atoms. The zero-order valence-corrected chi connectivity index (χ0v) is 14.3. The van der Waals surface area contributed by atoms with Crippen LogP contribution in [-0.4, -0.2) is 48.2 Å². The van der Waals surface area contributed by atoms with Gasteiger partial charge in [0.15, 0.2) is 17.2 Å². The Kier molecular flexibility index (Phi) is 4.04. The molecule has 4 rings (SSSR count). The summed E-state index contributed by atoms with van der Waals surface area (Å²) in [6.45, 7) is 3.31. The van der Waals surface area contributed by atoms with Gasteiger partial charge < -0.3 is 14.6 Å².